The SMILES string of the molecule is CC(C)Cc1nc(C=NO)[nH]c1Sc1cc(F)cc(F)c1. The number of benzene rings is 1. The van der Waals surface area contributed by atoms with E-state index in [1.54, 1.807) is 0 Å². The predicted molar refractivity (Wildman–Crippen MR) is 77.0 cm³/mol. The number of nitrogens with zero attached hydrogens (tertiary/aromatic N) is 2. The fraction of sp³-hybridized carbons (Fsp3) is 0.286. The maximum atomic E-state index is 13.2. The lowest BCUT2D eigenvalue weighted by Gasteiger charge is -2.05. The van der Waals surface area contributed by atoms with E-state index in [1.165, 1.54) is 30.1 Å². The van der Waals surface area contributed by atoms with Gasteiger partial charge in [0.1, 0.15) is 22.9 Å². The van der Waals surface area contributed by atoms with E-state index < -0.39 is 11.6 Å². The standard InChI is InChI=1S/C14H15F2N3OS/c1-8(2)3-12-14(19-13(18-12)7-17-20)21-11-5-9(15)4-10(16)6-11/h4-8,20H,3H2,1-2H3,(H,18,19). The molecule has 1 aromatic heterocycles. The zero-order valence-corrected chi connectivity index (χ0v) is 12.4. The molecule has 0 unspecified atom stereocenters. The minimum absolute atomic E-state index is 0.371. The van der Waals surface area contributed by atoms with Crippen molar-refractivity contribution in [3.63, 3.8) is 0 Å². The fourth-order valence-corrected chi connectivity index (χ4v) is 2.82. The summed E-state index contributed by atoms with van der Waals surface area (Å²) in [5.41, 5.74) is 0.773. The Labute approximate surface area is 125 Å². The lowest BCUT2D eigenvalue weighted by Crippen LogP contribution is -1.96. The highest BCUT2D eigenvalue weighted by Gasteiger charge is 2.13. The summed E-state index contributed by atoms with van der Waals surface area (Å²) in [7, 11) is 0. The van der Waals surface area contributed by atoms with E-state index in [9.17, 15) is 8.78 Å². The van der Waals surface area contributed by atoms with Crippen LogP contribution in [0.1, 0.15) is 25.4 Å². The molecule has 4 nitrogen and oxygen atoms in total. The Morgan fingerprint density at radius 2 is 2.00 bits per heavy atom. The van der Waals surface area contributed by atoms with Crippen molar-refractivity contribution in [2.45, 2.75) is 30.2 Å². The second-order valence-corrected chi connectivity index (χ2v) is 6.03. The molecule has 1 heterocycles. The molecule has 0 radical (unpaired) electrons. The Balaban J connectivity index is 2.32. The number of aromatic nitrogens is 2. The summed E-state index contributed by atoms with van der Waals surface area (Å²) in [4.78, 5) is 7.72. The first kappa shape index (κ1) is 15.5. The maximum absolute atomic E-state index is 13.2. The third-order valence-corrected chi connectivity index (χ3v) is 3.61. The molecule has 0 bridgehead atoms. The summed E-state index contributed by atoms with van der Waals surface area (Å²) in [5, 5.41) is 12.2. The third kappa shape index (κ3) is 4.29. The van der Waals surface area contributed by atoms with Crippen molar-refractivity contribution in [1.29, 1.82) is 0 Å². The maximum Gasteiger partial charge on any atom is 0.153 e. The van der Waals surface area contributed by atoms with Crippen LogP contribution in [0.15, 0.2) is 33.3 Å². The van der Waals surface area contributed by atoms with E-state index in [0.29, 0.717) is 28.1 Å². The Morgan fingerprint density at radius 3 is 2.57 bits per heavy atom. The summed E-state index contributed by atoms with van der Waals surface area (Å²) < 4.78 is 26.5. The quantitative estimate of drug-likeness (QED) is 0.501. The van der Waals surface area contributed by atoms with Crippen LogP contribution in [0.5, 0.6) is 0 Å². The van der Waals surface area contributed by atoms with E-state index in [-0.39, 0.29) is 0 Å². The number of oxime groups is 1. The summed E-state index contributed by atoms with van der Waals surface area (Å²) >= 11 is 1.19. The summed E-state index contributed by atoms with van der Waals surface area (Å²) in [6.45, 7) is 4.09. The van der Waals surface area contributed by atoms with Gasteiger partial charge in [0.15, 0.2) is 5.82 Å². The first-order valence-corrected chi connectivity index (χ1v) is 7.20. The molecule has 0 saturated carbocycles. The van der Waals surface area contributed by atoms with Crippen molar-refractivity contribution in [3.05, 3.63) is 41.4 Å². The summed E-state index contributed by atoms with van der Waals surface area (Å²) in [6.07, 6.45) is 1.88. The molecule has 0 aliphatic heterocycles. The minimum atomic E-state index is -0.625. The fourth-order valence-electron chi connectivity index (χ4n) is 1.84. The average Bonchev–Trinajstić information content (AvgIpc) is 2.69. The number of imidazole rings is 1. The Bertz CT molecular complexity index is 635. The Morgan fingerprint density at radius 1 is 1.33 bits per heavy atom. The van der Waals surface area contributed by atoms with Crippen LogP contribution in [0.2, 0.25) is 0 Å². The van der Waals surface area contributed by atoms with Gasteiger partial charge in [0.05, 0.1) is 5.69 Å². The molecule has 0 aliphatic rings. The van der Waals surface area contributed by atoms with Crippen molar-refractivity contribution in [2.24, 2.45) is 11.1 Å². The summed E-state index contributed by atoms with van der Waals surface area (Å²) in [6, 6.07) is 3.34. The molecule has 0 aliphatic carbocycles. The lowest BCUT2D eigenvalue weighted by molar-refractivity contribution is 0.321. The molecule has 2 N–H and O–H groups in total. The van der Waals surface area contributed by atoms with E-state index in [4.69, 9.17) is 5.21 Å². The van der Waals surface area contributed by atoms with Crippen LogP contribution in [-0.2, 0) is 6.42 Å². The molecule has 1 aromatic carbocycles. The lowest BCUT2D eigenvalue weighted by atomic mass is 10.1. The van der Waals surface area contributed by atoms with Gasteiger partial charge in [-0.05, 0) is 24.5 Å². The van der Waals surface area contributed by atoms with Crippen molar-refractivity contribution in [1.82, 2.24) is 9.97 Å². The number of hydrogen-bond acceptors (Lipinski definition) is 4. The molecule has 0 saturated heterocycles. The van der Waals surface area contributed by atoms with Crippen LogP contribution in [0.4, 0.5) is 8.78 Å². The molecular formula is C14H15F2N3OS. The number of H-pyrrole nitrogens is 1. The summed E-state index contributed by atoms with van der Waals surface area (Å²) in [5.74, 6) is -0.484. The smallest absolute Gasteiger partial charge is 0.153 e. The molecule has 0 amide bonds. The zero-order valence-electron chi connectivity index (χ0n) is 11.6. The van der Waals surface area contributed by atoms with Gasteiger partial charge in [-0.1, -0.05) is 30.8 Å². The third-order valence-electron chi connectivity index (χ3n) is 2.60. The van der Waals surface area contributed by atoms with Crippen LogP contribution >= 0.6 is 11.8 Å². The number of rotatable bonds is 5. The van der Waals surface area contributed by atoms with Gasteiger partial charge in [-0.2, -0.15) is 0 Å². The van der Waals surface area contributed by atoms with Crippen molar-refractivity contribution in [2.75, 3.05) is 0 Å². The normalized spacial score (nSPS) is 11.7. The van der Waals surface area contributed by atoms with E-state index >= 15 is 0 Å². The van der Waals surface area contributed by atoms with Crippen LogP contribution in [0, 0.1) is 17.6 Å². The first-order valence-electron chi connectivity index (χ1n) is 6.38. The number of halogens is 2. The second kappa shape index (κ2) is 6.71. The largest absolute Gasteiger partial charge is 0.411 e. The molecule has 0 spiro atoms. The highest BCUT2D eigenvalue weighted by molar-refractivity contribution is 7.99. The highest BCUT2D eigenvalue weighted by atomic mass is 32.2. The molecular weight excluding hydrogens is 296 g/mol. The van der Waals surface area contributed by atoms with Gasteiger partial charge in [0, 0.05) is 11.0 Å². The first-order chi connectivity index (χ1) is 9.97. The van der Waals surface area contributed by atoms with Gasteiger partial charge in [-0.15, -0.1) is 0 Å². The molecule has 2 aromatic rings. The van der Waals surface area contributed by atoms with E-state index in [1.807, 2.05) is 13.8 Å². The number of hydrogen-bond donors (Lipinski definition) is 2. The zero-order chi connectivity index (χ0) is 15.4. The number of aromatic amines is 1. The second-order valence-electron chi connectivity index (χ2n) is 4.95. The highest BCUT2D eigenvalue weighted by Crippen LogP contribution is 2.31. The average molecular weight is 311 g/mol. The molecule has 21 heavy (non-hydrogen) atoms. The molecule has 0 atom stereocenters. The van der Waals surface area contributed by atoms with E-state index in [0.717, 1.165) is 11.8 Å². The van der Waals surface area contributed by atoms with Crippen LogP contribution < -0.4 is 0 Å². The number of nitrogens with one attached hydrogen (secondary N) is 1. The van der Waals surface area contributed by atoms with Gasteiger partial charge >= 0.3 is 0 Å². The van der Waals surface area contributed by atoms with Gasteiger partial charge in [0.2, 0.25) is 0 Å². The van der Waals surface area contributed by atoms with Gasteiger partial charge in [0.25, 0.3) is 0 Å². The van der Waals surface area contributed by atoms with Crippen LogP contribution in [-0.4, -0.2) is 21.4 Å². The van der Waals surface area contributed by atoms with Crippen molar-refractivity contribution >= 4 is 18.0 Å². The molecule has 112 valence electrons. The van der Waals surface area contributed by atoms with Crippen molar-refractivity contribution in [3.8, 4) is 0 Å². The predicted octanol–water partition coefficient (Wildman–Crippen LogP) is 3.85. The van der Waals surface area contributed by atoms with E-state index in [2.05, 4.69) is 15.1 Å². The molecule has 2 rings (SSSR count). The van der Waals surface area contributed by atoms with Crippen LogP contribution in [0.3, 0.4) is 0 Å². The minimum Gasteiger partial charge on any atom is -0.411 e. The van der Waals surface area contributed by atoms with Gasteiger partial charge in [-0.3, -0.25) is 0 Å². The molecule has 7 heteroatoms. The van der Waals surface area contributed by atoms with Crippen molar-refractivity contribution < 1.29 is 14.0 Å². The topological polar surface area (TPSA) is 61.3 Å². The van der Waals surface area contributed by atoms with Gasteiger partial charge in [-0.25, -0.2) is 13.8 Å². The monoisotopic (exact) mass is 311 g/mol. The van der Waals surface area contributed by atoms with Crippen LogP contribution in [0.25, 0.3) is 0 Å². The molecule has 0 fully saturated rings. The van der Waals surface area contributed by atoms with Gasteiger partial charge < -0.3 is 10.2 Å². The Kier molecular flexibility index (Phi) is 4.95. The Hall–Kier alpha value is -1.89.